The Bertz CT molecular complexity index is 838. The van der Waals surface area contributed by atoms with Crippen LogP contribution in [0.5, 0.6) is 5.75 Å². The van der Waals surface area contributed by atoms with Crippen molar-refractivity contribution in [3.05, 3.63) is 54.1 Å². The topological polar surface area (TPSA) is 86.7 Å². The number of anilines is 2. The van der Waals surface area contributed by atoms with Crippen molar-refractivity contribution in [1.82, 2.24) is 0 Å². The summed E-state index contributed by atoms with van der Waals surface area (Å²) in [7, 11) is 0. The van der Waals surface area contributed by atoms with Crippen LogP contribution in [0.1, 0.15) is 12.0 Å². The van der Waals surface area contributed by atoms with Crippen LogP contribution in [-0.4, -0.2) is 27.4 Å². The highest BCUT2D eigenvalue weighted by Gasteiger charge is 2.41. The molecule has 1 aliphatic heterocycles. The fourth-order valence-electron chi connectivity index (χ4n) is 2.56. The summed E-state index contributed by atoms with van der Waals surface area (Å²) < 4.78 is 0. The minimum Gasteiger partial charge on any atom is -0.508 e. The molecule has 1 aliphatic rings. The first-order chi connectivity index (χ1) is 12.0. The minimum absolute atomic E-state index is 0.0983. The van der Waals surface area contributed by atoms with Crippen LogP contribution in [0.3, 0.4) is 0 Å². The number of nitrogens with zero attached hydrogens (tertiary/aromatic N) is 1. The molecule has 0 radical (unpaired) electrons. The Kier molecular flexibility index (Phi) is 4.76. The lowest BCUT2D eigenvalue weighted by atomic mass is 10.1. The van der Waals surface area contributed by atoms with E-state index in [0.717, 1.165) is 16.7 Å². The van der Waals surface area contributed by atoms with E-state index in [-0.39, 0.29) is 23.3 Å². The van der Waals surface area contributed by atoms with Crippen molar-refractivity contribution in [2.24, 2.45) is 0 Å². The maximum absolute atomic E-state index is 12.5. The molecule has 3 rings (SSSR count). The van der Waals surface area contributed by atoms with Crippen molar-refractivity contribution in [3.63, 3.8) is 0 Å². The number of carbonyl (C=O) groups excluding carboxylic acids is 3. The number of hydrogen-bond acceptors (Lipinski definition) is 5. The van der Waals surface area contributed by atoms with Crippen molar-refractivity contribution >= 4 is 40.2 Å². The molecule has 2 aromatic rings. The highest BCUT2D eigenvalue weighted by atomic mass is 32.2. The number of amides is 3. The summed E-state index contributed by atoms with van der Waals surface area (Å²) in [5, 5.41) is 11.0. The van der Waals surface area contributed by atoms with Gasteiger partial charge in [-0.25, -0.2) is 4.90 Å². The van der Waals surface area contributed by atoms with E-state index in [2.05, 4.69) is 5.32 Å². The van der Waals surface area contributed by atoms with Gasteiger partial charge < -0.3 is 10.4 Å². The summed E-state index contributed by atoms with van der Waals surface area (Å²) in [6, 6.07) is 13.2. The lowest BCUT2D eigenvalue weighted by molar-refractivity contribution is -0.121. The van der Waals surface area contributed by atoms with E-state index in [9.17, 15) is 19.5 Å². The number of phenolic OH excluding ortho intramolecular Hbond substituents is 1. The standard InChI is InChI=1S/C18H16N2O4S/c1-11-9-13(21)7-8-14(11)19-16(22)10-15-17(23)20(18(24)25-15)12-5-3-2-4-6-12/h2-9,15,21H,10H2,1H3,(H,19,22). The summed E-state index contributed by atoms with van der Waals surface area (Å²) >= 11 is 0.859. The number of thioether (sulfide) groups is 1. The van der Waals surface area contributed by atoms with Gasteiger partial charge in [-0.1, -0.05) is 18.2 Å². The van der Waals surface area contributed by atoms with E-state index in [0.29, 0.717) is 16.9 Å². The van der Waals surface area contributed by atoms with Crippen molar-refractivity contribution < 1.29 is 19.5 Å². The van der Waals surface area contributed by atoms with Gasteiger partial charge in [-0.2, -0.15) is 0 Å². The number of aromatic hydroxyl groups is 1. The molecule has 2 N–H and O–H groups in total. The predicted octanol–water partition coefficient (Wildman–Crippen LogP) is 3.30. The molecule has 1 fully saturated rings. The van der Waals surface area contributed by atoms with Crippen molar-refractivity contribution in [3.8, 4) is 5.75 Å². The zero-order valence-corrected chi connectivity index (χ0v) is 14.2. The van der Waals surface area contributed by atoms with Gasteiger partial charge in [-0.3, -0.25) is 14.4 Å². The van der Waals surface area contributed by atoms with Crippen LogP contribution in [0, 0.1) is 6.92 Å². The number of imide groups is 1. The van der Waals surface area contributed by atoms with Gasteiger partial charge >= 0.3 is 0 Å². The molecule has 25 heavy (non-hydrogen) atoms. The maximum atomic E-state index is 12.5. The van der Waals surface area contributed by atoms with Gasteiger partial charge in [0.05, 0.1) is 5.69 Å². The number of nitrogens with one attached hydrogen (secondary N) is 1. The quantitative estimate of drug-likeness (QED) is 0.821. The van der Waals surface area contributed by atoms with Gasteiger partial charge in [0.1, 0.15) is 11.0 Å². The third kappa shape index (κ3) is 3.66. The summed E-state index contributed by atoms with van der Waals surface area (Å²) in [6.07, 6.45) is -0.0983. The fraction of sp³-hybridized carbons (Fsp3) is 0.167. The lowest BCUT2D eigenvalue weighted by Crippen LogP contribution is -2.32. The second kappa shape index (κ2) is 6.98. The Hall–Kier alpha value is -2.80. The Morgan fingerprint density at radius 3 is 2.60 bits per heavy atom. The van der Waals surface area contributed by atoms with E-state index in [1.165, 1.54) is 12.1 Å². The van der Waals surface area contributed by atoms with Crippen LogP contribution >= 0.6 is 11.8 Å². The molecule has 0 bridgehead atoms. The Labute approximate surface area is 148 Å². The number of benzene rings is 2. The highest BCUT2D eigenvalue weighted by molar-refractivity contribution is 8.15. The molecule has 1 atom stereocenters. The smallest absolute Gasteiger partial charge is 0.293 e. The van der Waals surface area contributed by atoms with Gasteiger partial charge in [-0.05, 0) is 54.6 Å². The third-order valence-corrected chi connectivity index (χ3v) is 4.83. The summed E-state index contributed by atoms with van der Waals surface area (Å²) in [6.45, 7) is 1.76. The number of aryl methyl sites for hydroxylation is 1. The molecule has 0 spiro atoms. The Morgan fingerprint density at radius 1 is 1.20 bits per heavy atom. The molecular formula is C18H16N2O4S. The molecular weight excluding hydrogens is 340 g/mol. The van der Waals surface area contributed by atoms with Gasteiger partial charge in [0.15, 0.2) is 0 Å². The number of phenols is 1. The first kappa shape index (κ1) is 17.0. The lowest BCUT2D eigenvalue weighted by Gasteiger charge is -2.14. The molecule has 128 valence electrons. The van der Waals surface area contributed by atoms with Gasteiger partial charge in [0, 0.05) is 12.1 Å². The van der Waals surface area contributed by atoms with Crippen molar-refractivity contribution in [2.75, 3.05) is 10.2 Å². The number of rotatable bonds is 4. The number of para-hydroxylation sites is 1. The van der Waals surface area contributed by atoms with Crippen LogP contribution in [-0.2, 0) is 9.59 Å². The van der Waals surface area contributed by atoms with Crippen LogP contribution in [0.4, 0.5) is 16.2 Å². The van der Waals surface area contributed by atoms with Crippen LogP contribution < -0.4 is 10.2 Å². The fourth-order valence-corrected chi connectivity index (χ4v) is 3.54. The minimum atomic E-state index is -0.745. The second-order valence-corrected chi connectivity index (χ2v) is 6.79. The van der Waals surface area contributed by atoms with E-state index >= 15 is 0 Å². The molecule has 0 aliphatic carbocycles. The Morgan fingerprint density at radius 2 is 1.92 bits per heavy atom. The van der Waals surface area contributed by atoms with Crippen LogP contribution in [0.15, 0.2) is 48.5 Å². The summed E-state index contributed by atoms with van der Waals surface area (Å²) in [5.41, 5.74) is 1.77. The van der Waals surface area contributed by atoms with E-state index in [4.69, 9.17) is 0 Å². The summed E-state index contributed by atoms with van der Waals surface area (Å²) in [5.74, 6) is -0.637. The molecule has 7 heteroatoms. The average Bonchev–Trinajstić information content (AvgIpc) is 2.85. The molecule has 0 saturated carbocycles. The normalized spacial score (nSPS) is 17.0. The van der Waals surface area contributed by atoms with Gasteiger partial charge in [0.2, 0.25) is 11.8 Å². The molecule has 2 aromatic carbocycles. The van der Waals surface area contributed by atoms with E-state index in [1.54, 1.807) is 43.3 Å². The van der Waals surface area contributed by atoms with Crippen LogP contribution in [0.2, 0.25) is 0 Å². The van der Waals surface area contributed by atoms with Crippen molar-refractivity contribution in [1.29, 1.82) is 0 Å². The molecule has 1 heterocycles. The van der Waals surface area contributed by atoms with Gasteiger partial charge in [0.25, 0.3) is 5.24 Å². The SMILES string of the molecule is Cc1cc(O)ccc1NC(=O)CC1SC(=O)N(c2ccccc2)C1=O. The second-order valence-electron chi connectivity index (χ2n) is 5.63. The Balaban J connectivity index is 1.68. The third-order valence-electron chi connectivity index (χ3n) is 3.79. The first-order valence-electron chi connectivity index (χ1n) is 7.65. The van der Waals surface area contributed by atoms with Crippen LogP contribution in [0.25, 0.3) is 0 Å². The molecule has 0 aromatic heterocycles. The largest absolute Gasteiger partial charge is 0.508 e. The molecule has 6 nitrogen and oxygen atoms in total. The predicted molar refractivity (Wildman–Crippen MR) is 96.8 cm³/mol. The first-order valence-corrected chi connectivity index (χ1v) is 8.53. The monoisotopic (exact) mass is 356 g/mol. The highest BCUT2D eigenvalue weighted by Crippen LogP contribution is 2.33. The summed E-state index contributed by atoms with van der Waals surface area (Å²) in [4.78, 5) is 38.0. The average molecular weight is 356 g/mol. The zero-order chi connectivity index (χ0) is 18.0. The van der Waals surface area contributed by atoms with E-state index in [1.807, 2.05) is 0 Å². The zero-order valence-electron chi connectivity index (χ0n) is 13.4. The number of hydrogen-bond donors (Lipinski definition) is 2. The maximum Gasteiger partial charge on any atom is 0.293 e. The molecule has 1 saturated heterocycles. The molecule has 3 amide bonds. The molecule has 1 unspecified atom stereocenters. The number of carbonyl (C=O) groups is 3. The van der Waals surface area contributed by atoms with Crippen molar-refractivity contribution in [2.45, 2.75) is 18.6 Å². The van der Waals surface area contributed by atoms with E-state index < -0.39 is 11.2 Å². The van der Waals surface area contributed by atoms with Gasteiger partial charge in [-0.15, -0.1) is 0 Å².